The van der Waals surface area contributed by atoms with Crippen molar-refractivity contribution in [2.24, 2.45) is 0 Å². The molecule has 0 heterocycles. The monoisotopic (exact) mass is 162 g/mol. The maximum absolute atomic E-state index is 12.3. The second kappa shape index (κ2) is 4.43. The second-order valence-corrected chi connectivity index (χ2v) is 1.57. The zero-order chi connectivity index (χ0) is 8.85. The van der Waals surface area contributed by atoms with Crippen LogP contribution in [0.15, 0.2) is 12.1 Å². The summed E-state index contributed by atoms with van der Waals surface area (Å²) in [5.41, 5.74) is 0. The molecule has 0 spiro atoms. The molecule has 11 heavy (non-hydrogen) atoms. The van der Waals surface area contributed by atoms with E-state index in [4.69, 9.17) is 0 Å². The fraction of sp³-hybridized carbons (Fsp3) is 0.333. The maximum Gasteiger partial charge on any atom is 0.370 e. The Kier molecular flexibility index (Phi) is 3.87. The molecule has 0 saturated carbocycles. The lowest BCUT2D eigenvalue weighted by atomic mass is 10.6. The summed E-state index contributed by atoms with van der Waals surface area (Å²) in [6, 6.07) is 0. The molecule has 0 bridgehead atoms. The number of carbonyl (C=O) groups is 2. The van der Waals surface area contributed by atoms with E-state index in [1.165, 1.54) is 0 Å². The molecule has 0 unspecified atom stereocenters. The van der Waals surface area contributed by atoms with Gasteiger partial charge in [0.15, 0.2) is 0 Å². The average molecular weight is 162 g/mol. The van der Waals surface area contributed by atoms with Crippen LogP contribution in [0.3, 0.4) is 0 Å². The molecule has 62 valence electrons. The SMILES string of the molecule is COC(=O)/C(F)=C/OC(C)=O. The van der Waals surface area contributed by atoms with E-state index < -0.39 is 17.8 Å². The Hall–Kier alpha value is -1.39. The van der Waals surface area contributed by atoms with Crippen molar-refractivity contribution in [2.45, 2.75) is 6.92 Å². The fourth-order valence-corrected chi connectivity index (χ4v) is 0.280. The fourth-order valence-electron chi connectivity index (χ4n) is 0.280. The minimum atomic E-state index is -1.25. The van der Waals surface area contributed by atoms with Gasteiger partial charge in [0.25, 0.3) is 0 Å². The molecular weight excluding hydrogens is 155 g/mol. The molecule has 0 fully saturated rings. The Bertz CT molecular complexity index is 197. The number of carbonyl (C=O) groups excluding carboxylic acids is 2. The largest absolute Gasteiger partial charge is 0.464 e. The summed E-state index contributed by atoms with van der Waals surface area (Å²) in [5, 5.41) is 0. The zero-order valence-corrected chi connectivity index (χ0v) is 6.09. The lowest BCUT2D eigenvalue weighted by molar-refractivity contribution is -0.138. The predicted molar refractivity (Wildman–Crippen MR) is 33.0 cm³/mol. The molecule has 0 aromatic heterocycles. The first kappa shape index (κ1) is 9.61. The predicted octanol–water partition coefficient (Wildman–Crippen LogP) is 0.533. The molecule has 0 aliphatic carbocycles. The number of halogens is 1. The molecule has 0 rings (SSSR count). The summed E-state index contributed by atoms with van der Waals surface area (Å²) >= 11 is 0. The molecule has 0 aliphatic rings. The highest BCUT2D eigenvalue weighted by molar-refractivity contribution is 5.85. The Morgan fingerprint density at radius 1 is 1.45 bits per heavy atom. The normalized spacial score (nSPS) is 10.6. The van der Waals surface area contributed by atoms with Gasteiger partial charge < -0.3 is 9.47 Å². The number of esters is 2. The van der Waals surface area contributed by atoms with Crippen molar-refractivity contribution in [2.75, 3.05) is 7.11 Å². The molecule has 0 radical (unpaired) electrons. The first-order valence-electron chi connectivity index (χ1n) is 2.69. The van der Waals surface area contributed by atoms with E-state index in [0.29, 0.717) is 6.26 Å². The van der Waals surface area contributed by atoms with Gasteiger partial charge in [0, 0.05) is 6.92 Å². The van der Waals surface area contributed by atoms with Gasteiger partial charge >= 0.3 is 11.9 Å². The van der Waals surface area contributed by atoms with Crippen LogP contribution in [-0.2, 0) is 19.1 Å². The van der Waals surface area contributed by atoms with Gasteiger partial charge in [-0.05, 0) is 0 Å². The molecule has 0 aromatic rings. The molecule has 0 N–H and O–H groups in total. The molecule has 0 amide bonds. The Labute approximate surface area is 62.6 Å². The minimum absolute atomic E-state index is 0.397. The first-order chi connectivity index (χ1) is 5.07. The van der Waals surface area contributed by atoms with Gasteiger partial charge in [-0.3, -0.25) is 4.79 Å². The molecule has 0 aromatic carbocycles. The summed E-state index contributed by atoms with van der Waals surface area (Å²) in [4.78, 5) is 20.3. The molecule has 0 saturated heterocycles. The van der Waals surface area contributed by atoms with E-state index in [-0.39, 0.29) is 0 Å². The number of hydrogen-bond acceptors (Lipinski definition) is 4. The number of methoxy groups -OCH3 is 1. The van der Waals surface area contributed by atoms with Crippen LogP contribution in [0.1, 0.15) is 6.92 Å². The smallest absolute Gasteiger partial charge is 0.370 e. The van der Waals surface area contributed by atoms with Gasteiger partial charge in [-0.25, -0.2) is 4.79 Å². The van der Waals surface area contributed by atoms with Crippen molar-refractivity contribution in [3.05, 3.63) is 12.1 Å². The Balaban J connectivity index is 4.00. The Morgan fingerprint density at radius 3 is 2.36 bits per heavy atom. The van der Waals surface area contributed by atoms with Crippen molar-refractivity contribution < 1.29 is 23.5 Å². The molecular formula is C6H7FO4. The summed E-state index contributed by atoms with van der Waals surface area (Å²) < 4.78 is 20.3. The first-order valence-corrected chi connectivity index (χ1v) is 2.69. The van der Waals surface area contributed by atoms with Crippen LogP contribution in [0.2, 0.25) is 0 Å². The van der Waals surface area contributed by atoms with Crippen LogP contribution in [0, 0.1) is 0 Å². The highest BCUT2D eigenvalue weighted by Gasteiger charge is 2.08. The molecule has 0 aliphatic heterocycles. The second-order valence-electron chi connectivity index (χ2n) is 1.57. The Morgan fingerprint density at radius 2 is 2.00 bits per heavy atom. The van der Waals surface area contributed by atoms with Gasteiger partial charge in [-0.15, -0.1) is 0 Å². The number of hydrogen-bond donors (Lipinski definition) is 0. The van der Waals surface area contributed by atoms with Crippen molar-refractivity contribution in [1.29, 1.82) is 0 Å². The lowest BCUT2D eigenvalue weighted by Crippen LogP contribution is -2.02. The summed E-state index contributed by atoms with van der Waals surface area (Å²) in [6.45, 7) is 1.08. The van der Waals surface area contributed by atoms with Gasteiger partial charge in [-0.2, -0.15) is 4.39 Å². The zero-order valence-electron chi connectivity index (χ0n) is 6.09. The average Bonchev–Trinajstić information content (AvgIpc) is 1.98. The van der Waals surface area contributed by atoms with Gasteiger partial charge in [0.2, 0.25) is 5.83 Å². The third-order valence-electron chi connectivity index (χ3n) is 0.709. The van der Waals surface area contributed by atoms with E-state index in [2.05, 4.69) is 9.47 Å². The van der Waals surface area contributed by atoms with Crippen molar-refractivity contribution in [1.82, 2.24) is 0 Å². The molecule has 0 atom stereocenters. The van der Waals surface area contributed by atoms with Crippen molar-refractivity contribution in [3.63, 3.8) is 0 Å². The third kappa shape index (κ3) is 4.07. The summed E-state index contributed by atoms with van der Waals surface area (Å²) in [5.74, 6) is -3.13. The van der Waals surface area contributed by atoms with Gasteiger partial charge in [0.05, 0.1) is 7.11 Å². The van der Waals surface area contributed by atoms with Crippen LogP contribution in [0.25, 0.3) is 0 Å². The van der Waals surface area contributed by atoms with Crippen LogP contribution in [0.4, 0.5) is 4.39 Å². The highest BCUT2D eigenvalue weighted by atomic mass is 19.1. The third-order valence-corrected chi connectivity index (χ3v) is 0.709. The van der Waals surface area contributed by atoms with E-state index >= 15 is 0 Å². The minimum Gasteiger partial charge on any atom is -0.464 e. The standard InChI is InChI=1S/C6H7FO4/c1-4(8)11-3-5(7)6(9)10-2/h3H,1-2H3/b5-3-. The van der Waals surface area contributed by atoms with Crippen molar-refractivity contribution >= 4 is 11.9 Å². The van der Waals surface area contributed by atoms with E-state index in [1.54, 1.807) is 0 Å². The van der Waals surface area contributed by atoms with Crippen LogP contribution < -0.4 is 0 Å². The molecule has 5 heteroatoms. The quantitative estimate of drug-likeness (QED) is 0.337. The van der Waals surface area contributed by atoms with Crippen LogP contribution >= 0.6 is 0 Å². The highest BCUT2D eigenvalue weighted by Crippen LogP contribution is 1.98. The topological polar surface area (TPSA) is 52.6 Å². The lowest BCUT2D eigenvalue weighted by Gasteiger charge is -1.94. The number of ether oxygens (including phenoxy) is 2. The van der Waals surface area contributed by atoms with Gasteiger partial charge in [-0.1, -0.05) is 0 Å². The van der Waals surface area contributed by atoms with E-state index in [0.717, 1.165) is 14.0 Å². The van der Waals surface area contributed by atoms with Crippen LogP contribution in [-0.4, -0.2) is 19.0 Å². The number of rotatable bonds is 2. The summed E-state index contributed by atoms with van der Waals surface area (Å²) in [7, 11) is 1.02. The molecule has 4 nitrogen and oxygen atoms in total. The van der Waals surface area contributed by atoms with Crippen LogP contribution in [0.5, 0.6) is 0 Å². The van der Waals surface area contributed by atoms with Crippen molar-refractivity contribution in [3.8, 4) is 0 Å². The van der Waals surface area contributed by atoms with Gasteiger partial charge in [0.1, 0.15) is 6.26 Å². The van der Waals surface area contributed by atoms with E-state index in [9.17, 15) is 14.0 Å². The maximum atomic E-state index is 12.3. The summed E-state index contributed by atoms with van der Waals surface area (Å²) in [6.07, 6.45) is 0.397. The van der Waals surface area contributed by atoms with E-state index in [1.807, 2.05) is 0 Å².